The second-order valence-corrected chi connectivity index (χ2v) is 9.39. The van der Waals surface area contributed by atoms with E-state index >= 15 is 0 Å². The van der Waals surface area contributed by atoms with Gasteiger partial charge in [-0.05, 0) is 37.5 Å². The van der Waals surface area contributed by atoms with E-state index in [4.69, 9.17) is 16.3 Å². The minimum atomic E-state index is -3.49. The number of carbonyl (C=O) groups is 1. The van der Waals surface area contributed by atoms with Crippen LogP contribution in [0.15, 0.2) is 18.2 Å². The van der Waals surface area contributed by atoms with Gasteiger partial charge in [-0.25, -0.2) is 0 Å². The summed E-state index contributed by atoms with van der Waals surface area (Å²) in [4.78, 5) is 13.9. The molecule has 0 bridgehead atoms. The van der Waals surface area contributed by atoms with Crippen LogP contribution in [0.1, 0.15) is 30.9 Å². The summed E-state index contributed by atoms with van der Waals surface area (Å²) in [6.45, 7) is 2.54. The molecule has 1 N–H and O–H groups in total. The van der Waals surface area contributed by atoms with Crippen molar-refractivity contribution in [2.75, 3.05) is 46.4 Å². The maximum Gasteiger partial charge on any atom is 0.325 e. The van der Waals surface area contributed by atoms with Crippen LogP contribution in [0, 0.1) is 0 Å². The monoisotopic (exact) mass is 431 g/mol. The van der Waals surface area contributed by atoms with E-state index in [9.17, 15) is 18.3 Å². The molecule has 2 saturated heterocycles. The molecule has 10 heteroatoms. The molecule has 1 aromatic rings. The average molecular weight is 432 g/mol. The van der Waals surface area contributed by atoms with E-state index < -0.39 is 22.2 Å². The van der Waals surface area contributed by atoms with Crippen molar-refractivity contribution < 1.29 is 23.1 Å². The van der Waals surface area contributed by atoms with Gasteiger partial charge in [0.05, 0.1) is 7.11 Å². The van der Waals surface area contributed by atoms with Gasteiger partial charge in [-0.1, -0.05) is 11.6 Å². The van der Waals surface area contributed by atoms with Crippen molar-refractivity contribution in [2.24, 2.45) is 0 Å². The molecule has 2 aliphatic rings. The van der Waals surface area contributed by atoms with E-state index in [1.165, 1.54) is 15.7 Å². The second-order valence-electron chi connectivity index (χ2n) is 7.03. The van der Waals surface area contributed by atoms with Crippen molar-refractivity contribution in [1.29, 1.82) is 0 Å². The average Bonchev–Trinajstić information content (AvgIpc) is 3.09. The minimum Gasteiger partial charge on any atom is -0.496 e. The summed E-state index contributed by atoms with van der Waals surface area (Å²) in [7, 11) is -2.01. The van der Waals surface area contributed by atoms with Gasteiger partial charge in [-0.15, -0.1) is 0 Å². The summed E-state index contributed by atoms with van der Waals surface area (Å²) < 4.78 is 34.0. The fourth-order valence-electron chi connectivity index (χ4n) is 3.89. The van der Waals surface area contributed by atoms with Crippen molar-refractivity contribution in [3.05, 3.63) is 28.8 Å². The molecule has 3 rings (SSSR count). The fourth-order valence-corrected chi connectivity index (χ4v) is 5.79. The highest BCUT2D eigenvalue weighted by Crippen LogP contribution is 2.33. The van der Waals surface area contributed by atoms with Gasteiger partial charge in [0.1, 0.15) is 11.8 Å². The van der Waals surface area contributed by atoms with Crippen LogP contribution in [0.25, 0.3) is 0 Å². The summed E-state index contributed by atoms with van der Waals surface area (Å²) >= 11 is 6.09. The van der Waals surface area contributed by atoms with E-state index in [0.717, 1.165) is 12.8 Å². The van der Waals surface area contributed by atoms with E-state index in [2.05, 4.69) is 0 Å². The predicted molar refractivity (Wildman–Crippen MR) is 106 cm³/mol. The number of carboxylic acids is 1. The smallest absolute Gasteiger partial charge is 0.325 e. The maximum absolute atomic E-state index is 12.8. The summed E-state index contributed by atoms with van der Waals surface area (Å²) in [6.07, 6.45) is 2.32. The van der Waals surface area contributed by atoms with E-state index in [1.807, 2.05) is 0 Å². The number of rotatable bonds is 6. The zero-order chi connectivity index (χ0) is 20.3. The molecule has 0 amide bonds. The Hall–Kier alpha value is -1.39. The predicted octanol–water partition coefficient (Wildman–Crippen LogP) is 1.82. The summed E-state index contributed by atoms with van der Waals surface area (Å²) in [5, 5.41) is 10.3. The Bertz CT molecular complexity index is 813. The number of carboxylic acid groups (broad SMARTS) is 1. The fraction of sp³-hybridized carbons (Fsp3) is 0.611. The lowest BCUT2D eigenvalue weighted by Gasteiger charge is -2.29. The highest BCUT2D eigenvalue weighted by Gasteiger charge is 2.36. The lowest BCUT2D eigenvalue weighted by Crippen LogP contribution is -2.44. The number of methoxy groups -OCH3 is 1. The summed E-state index contributed by atoms with van der Waals surface area (Å²) in [5.74, 6) is -0.570. The van der Waals surface area contributed by atoms with Gasteiger partial charge in [-0.3, -0.25) is 9.69 Å². The van der Waals surface area contributed by atoms with Crippen LogP contribution in [0.5, 0.6) is 5.75 Å². The van der Waals surface area contributed by atoms with Gasteiger partial charge in [0, 0.05) is 49.9 Å². The minimum absolute atomic E-state index is 0.255. The van der Waals surface area contributed by atoms with Crippen molar-refractivity contribution in [1.82, 2.24) is 13.5 Å². The Labute approximate surface area is 170 Å². The number of hydrogen-bond donors (Lipinski definition) is 1. The molecule has 0 radical (unpaired) electrons. The van der Waals surface area contributed by atoms with Crippen LogP contribution in [0.4, 0.5) is 0 Å². The number of halogens is 1. The maximum atomic E-state index is 12.8. The Balaban J connectivity index is 1.81. The Morgan fingerprint density at radius 3 is 2.36 bits per heavy atom. The molecule has 2 heterocycles. The standard InChI is InChI=1S/C18H26ClN3O5S/c1-27-16-6-5-14(19)13-15(16)17(18(23)24)20-7-4-10-22(12-11-20)28(25,26)21-8-2-3-9-21/h5-6,13,17H,2-4,7-12H2,1H3,(H,23,24). The number of aliphatic carboxylic acids is 1. The molecule has 28 heavy (non-hydrogen) atoms. The molecule has 1 aromatic carbocycles. The van der Waals surface area contributed by atoms with Crippen LogP contribution in [-0.2, 0) is 15.0 Å². The van der Waals surface area contributed by atoms with Gasteiger partial charge in [-0.2, -0.15) is 17.0 Å². The van der Waals surface area contributed by atoms with Gasteiger partial charge < -0.3 is 9.84 Å². The third kappa shape index (κ3) is 4.44. The first-order chi connectivity index (χ1) is 13.3. The summed E-state index contributed by atoms with van der Waals surface area (Å²) in [5.41, 5.74) is 0.471. The molecule has 156 valence electrons. The molecule has 1 unspecified atom stereocenters. The van der Waals surface area contributed by atoms with Crippen molar-refractivity contribution in [3.8, 4) is 5.75 Å². The van der Waals surface area contributed by atoms with Crippen LogP contribution < -0.4 is 4.74 Å². The molecule has 1 atom stereocenters. The number of benzene rings is 1. The van der Waals surface area contributed by atoms with Crippen LogP contribution >= 0.6 is 11.6 Å². The first-order valence-electron chi connectivity index (χ1n) is 9.40. The molecule has 0 aromatic heterocycles. The highest BCUT2D eigenvalue weighted by molar-refractivity contribution is 7.86. The third-order valence-corrected chi connectivity index (χ3v) is 7.56. The zero-order valence-electron chi connectivity index (χ0n) is 15.9. The Morgan fingerprint density at radius 2 is 1.71 bits per heavy atom. The number of ether oxygens (including phenoxy) is 1. The van der Waals surface area contributed by atoms with Gasteiger partial charge in [0.2, 0.25) is 0 Å². The van der Waals surface area contributed by atoms with Crippen molar-refractivity contribution in [2.45, 2.75) is 25.3 Å². The topological polar surface area (TPSA) is 90.4 Å². The number of hydrogen-bond acceptors (Lipinski definition) is 5. The highest BCUT2D eigenvalue weighted by atomic mass is 35.5. The lowest BCUT2D eigenvalue weighted by atomic mass is 10.0. The molecule has 0 saturated carbocycles. The third-order valence-electron chi connectivity index (χ3n) is 5.29. The SMILES string of the molecule is COc1ccc(Cl)cc1C(C(=O)O)N1CCCN(S(=O)(=O)N2CCCC2)CC1. The van der Waals surface area contributed by atoms with Crippen LogP contribution in [0.2, 0.25) is 5.02 Å². The zero-order valence-corrected chi connectivity index (χ0v) is 17.5. The molecular weight excluding hydrogens is 406 g/mol. The van der Waals surface area contributed by atoms with Crippen molar-refractivity contribution >= 4 is 27.8 Å². The first-order valence-corrected chi connectivity index (χ1v) is 11.2. The first kappa shape index (κ1) is 21.3. The van der Waals surface area contributed by atoms with Crippen molar-refractivity contribution in [3.63, 3.8) is 0 Å². The molecule has 8 nitrogen and oxygen atoms in total. The van der Waals surface area contributed by atoms with Crippen LogP contribution in [-0.4, -0.2) is 79.4 Å². The second kappa shape index (κ2) is 8.96. The van der Waals surface area contributed by atoms with Crippen LogP contribution in [0.3, 0.4) is 0 Å². The summed E-state index contributed by atoms with van der Waals surface area (Å²) in [6, 6.07) is 3.94. The molecule has 2 fully saturated rings. The number of nitrogens with zero attached hydrogens (tertiary/aromatic N) is 3. The molecule has 0 spiro atoms. The van der Waals surface area contributed by atoms with E-state index in [1.54, 1.807) is 23.1 Å². The Morgan fingerprint density at radius 1 is 1.07 bits per heavy atom. The van der Waals surface area contributed by atoms with E-state index in [0.29, 0.717) is 55.5 Å². The molecule has 2 aliphatic heterocycles. The van der Waals surface area contributed by atoms with Gasteiger partial charge in [0.15, 0.2) is 0 Å². The molecular formula is C18H26ClN3O5S. The normalized spacial score (nSPS) is 21.4. The molecule has 0 aliphatic carbocycles. The Kier molecular flexibility index (Phi) is 6.82. The quantitative estimate of drug-likeness (QED) is 0.738. The van der Waals surface area contributed by atoms with Gasteiger partial charge in [0.25, 0.3) is 10.2 Å². The lowest BCUT2D eigenvalue weighted by molar-refractivity contribution is -0.143. The largest absolute Gasteiger partial charge is 0.496 e. The van der Waals surface area contributed by atoms with Gasteiger partial charge >= 0.3 is 5.97 Å². The van der Waals surface area contributed by atoms with E-state index in [-0.39, 0.29) is 6.54 Å².